The Labute approximate surface area is 106 Å². The van der Waals surface area contributed by atoms with Gasteiger partial charge in [0, 0.05) is 27.2 Å². The topological polar surface area (TPSA) is 27.7 Å². The molecule has 1 fully saturated rings. The van der Waals surface area contributed by atoms with Crippen molar-refractivity contribution in [3.8, 4) is 0 Å². The summed E-state index contributed by atoms with van der Waals surface area (Å²) < 4.78 is 16.4. The van der Waals surface area contributed by atoms with Gasteiger partial charge < -0.3 is 14.2 Å². The van der Waals surface area contributed by atoms with Crippen LogP contribution in [-0.4, -0.2) is 33.2 Å². The number of methoxy groups -OCH3 is 2. The summed E-state index contributed by atoms with van der Waals surface area (Å²) in [6, 6.07) is 0. The summed E-state index contributed by atoms with van der Waals surface area (Å²) in [5, 5.41) is 0. The molecule has 0 bridgehead atoms. The van der Waals surface area contributed by atoms with Crippen LogP contribution in [0.25, 0.3) is 0 Å². The Morgan fingerprint density at radius 2 is 1.94 bits per heavy atom. The zero-order valence-corrected chi connectivity index (χ0v) is 11.6. The lowest BCUT2D eigenvalue weighted by Crippen LogP contribution is -2.29. The maximum Gasteiger partial charge on any atom is 0.157 e. The van der Waals surface area contributed by atoms with Gasteiger partial charge in [0.15, 0.2) is 6.29 Å². The second-order valence-electron chi connectivity index (χ2n) is 5.03. The summed E-state index contributed by atoms with van der Waals surface area (Å²) in [7, 11) is 3.40. The molecule has 0 N–H and O–H groups in total. The van der Waals surface area contributed by atoms with Crippen LogP contribution in [-0.2, 0) is 14.2 Å². The molecule has 0 aromatic rings. The van der Waals surface area contributed by atoms with Crippen molar-refractivity contribution in [2.75, 3.05) is 20.8 Å². The molecule has 3 nitrogen and oxygen atoms in total. The van der Waals surface area contributed by atoms with Crippen molar-refractivity contribution < 1.29 is 14.2 Å². The molecule has 17 heavy (non-hydrogen) atoms. The highest BCUT2D eigenvalue weighted by molar-refractivity contribution is 4.71. The van der Waals surface area contributed by atoms with Crippen LogP contribution in [0.1, 0.15) is 51.9 Å². The highest BCUT2D eigenvalue weighted by Gasteiger charge is 2.23. The van der Waals surface area contributed by atoms with Gasteiger partial charge in [0.2, 0.25) is 0 Å². The molecule has 2 atom stereocenters. The average molecular weight is 244 g/mol. The van der Waals surface area contributed by atoms with E-state index in [0.29, 0.717) is 12.0 Å². The molecule has 1 rings (SSSR count). The molecular formula is C14H28O3. The average Bonchev–Trinajstić information content (AvgIpc) is 2.38. The lowest BCUT2D eigenvalue weighted by atomic mass is 9.93. The first-order valence-corrected chi connectivity index (χ1v) is 6.97. The van der Waals surface area contributed by atoms with Crippen LogP contribution in [0.15, 0.2) is 0 Å². The first-order chi connectivity index (χ1) is 8.30. The van der Waals surface area contributed by atoms with Gasteiger partial charge in [0.05, 0.1) is 6.10 Å². The molecule has 0 aliphatic carbocycles. The summed E-state index contributed by atoms with van der Waals surface area (Å²) in [6.07, 6.45) is 9.01. The molecule has 0 aromatic heterocycles. The number of hydrogen-bond donors (Lipinski definition) is 0. The van der Waals surface area contributed by atoms with Crippen LogP contribution < -0.4 is 0 Å². The molecule has 0 unspecified atom stereocenters. The van der Waals surface area contributed by atoms with E-state index in [4.69, 9.17) is 14.2 Å². The summed E-state index contributed by atoms with van der Waals surface area (Å²) >= 11 is 0. The fourth-order valence-corrected chi connectivity index (χ4v) is 2.46. The monoisotopic (exact) mass is 244 g/mol. The normalized spacial score (nSPS) is 25.4. The Bertz CT molecular complexity index is 172. The minimum absolute atomic E-state index is 0.0692. The van der Waals surface area contributed by atoms with E-state index in [9.17, 15) is 0 Å². The van der Waals surface area contributed by atoms with Crippen LogP contribution in [0, 0.1) is 5.92 Å². The summed E-state index contributed by atoms with van der Waals surface area (Å²) in [4.78, 5) is 0. The molecule has 0 radical (unpaired) electrons. The maximum absolute atomic E-state index is 5.92. The Hall–Kier alpha value is -0.120. The second kappa shape index (κ2) is 8.90. The van der Waals surface area contributed by atoms with Gasteiger partial charge in [-0.3, -0.25) is 0 Å². The predicted molar refractivity (Wildman–Crippen MR) is 69.0 cm³/mol. The molecule has 1 heterocycles. The molecule has 3 heteroatoms. The smallest absolute Gasteiger partial charge is 0.157 e. The molecule has 0 saturated carbocycles. The molecule has 1 aliphatic rings. The van der Waals surface area contributed by atoms with E-state index in [2.05, 4.69) is 6.92 Å². The standard InChI is InChI=1S/C14H28O3/c1-4-5-6-7-13-9-8-12(11-17-13)10-14(15-2)16-3/h12-14H,4-11H2,1-3H3/t12-,13+/m1/s1. The van der Waals surface area contributed by atoms with Crippen LogP contribution in [0.2, 0.25) is 0 Å². The third kappa shape index (κ3) is 5.84. The summed E-state index contributed by atoms with van der Waals surface area (Å²) in [6.45, 7) is 3.12. The van der Waals surface area contributed by atoms with Crippen molar-refractivity contribution >= 4 is 0 Å². The summed E-state index contributed by atoms with van der Waals surface area (Å²) in [5.74, 6) is 0.599. The zero-order chi connectivity index (χ0) is 12.5. The van der Waals surface area contributed by atoms with E-state index >= 15 is 0 Å². The van der Waals surface area contributed by atoms with E-state index in [1.807, 2.05) is 0 Å². The van der Waals surface area contributed by atoms with Crippen molar-refractivity contribution in [2.24, 2.45) is 5.92 Å². The van der Waals surface area contributed by atoms with E-state index in [0.717, 1.165) is 13.0 Å². The second-order valence-corrected chi connectivity index (χ2v) is 5.03. The maximum atomic E-state index is 5.92. The predicted octanol–water partition coefficient (Wildman–Crippen LogP) is 3.37. The van der Waals surface area contributed by atoms with Gasteiger partial charge in [-0.05, 0) is 25.2 Å². The molecule has 0 spiro atoms. The van der Waals surface area contributed by atoms with Crippen molar-refractivity contribution in [2.45, 2.75) is 64.3 Å². The highest BCUT2D eigenvalue weighted by Crippen LogP contribution is 2.26. The molecular weight excluding hydrogens is 216 g/mol. The van der Waals surface area contributed by atoms with Crippen LogP contribution in [0.3, 0.4) is 0 Å². The molecule has 0 aromatic carbocycles. The van der Waals surface area contributed by atoms with Crippen LogP contribution in [0.4, 0.5) is 0 Å². The number of ether oxygens (including phenoxy) is 3. The number of rotatable bonds is 8. The van der Waals surface area contributed by atoms with E-state index in [-0.39, 0.29) is 6.29 Å². The summed E-state index contributed by atoms with van der Waals surface area (Å²) in [5.41, 5.74) is 0. The highest BCUT2D eigenvalue weighted by atomic mass is 16.7. The Morgan fingerprint density at radius 3 is 2.47 bits per heavy atom. The van der Waals surface area contributed by atoms with Gasteiger partial charge in [-0.2, -0.15) is 0 Å². The fraction of sp³-hybridized carbons (Fsp3) is 1.00. The molecule has 1 saturated heterocycles. The SMILES string of the molecule is CCCCC[C@H]1CC[C@H](CC(OC)OC)CO1. The van der Waals surface area contributed by atoms with Crippen molar-refractivity contribution in [3.05, 3.63) is 0 Å². The van der Waals surface area contributed by atoms with Crippen molar-refractivity contribution in [1.29, 1.82) is 0 Å². The van der Waals surface area contributed by atoms with Gasteiger partial charge in [-0.15, -0.1) is 0 Å². The lowest BCUT2D eigenvalue weighted by Gasteiger charge is -2.30. The quantitative estimate of drug-likeness (QED) is 0.484. The lowest BCUT2D eigenvalue weighted by molar-refractivity contribution is -0.127. The van der Waals surface area contributed by atoms with Gasteiger partial charge in [-0.25, -0.2) is 0 Å². The van der Waals surface area contributed by atoms with Crippen LogP contribution in [0.5, 0.6) is 0 Å². The minimum atomic E-state index is -0.0692. The molecule has 1 aliphatic heterocycles. The Balaban J connectivity index is 2.12. The van der Waals surface area contributed by atoms with Gasteiger partial charge in [0.25, 0.3) is 0 Å². The third-order valence-electron chi connectivity index (χ3n) is 3.65. The van der Waals surface area contributed by atoms with Crippen molar-refractivity contribution in [3.63, 3.8) is 0 Å². The molecule has 0 amide bonds. The fourth-order valence-electron chi connectivity index (χ4n) is 2.46. The van der Waals surface area contributed by atoms with Crippen molar-refractivity contribution in [1.82, 2.24) is 0 Å². The first-order valence-electron chi connectivity index (χ1n) is 6.97. The van der Waals surface area contributed by atoms with Gasteiger partial charge in [0.1, 0.15) is 0 Å². The van der Waals surface area contributed by atoms with Gasteiger partial charge >= 0.3 is 0 Å². The zero-order valence-electron chi connectivity index (χ0n) is 11.6. The number of unbranched alkanes of at least 4 members (excludes halogenated alkanes) is 2. The first kappa shape index (κ1) is 14.9. The van der Waals surface area contributed by atoms with Crippen LogP contribution >= 0.6 is 0 Å². The largest absolute Gasteiger partial charge is 0.378 e. The molecule has 102 valence electrons. The van der Waals surface area contributed by atoms with E-state index in [1.54, 1.807) is 14.2 Å². The third-order valence-corrected chi connectivity index (χ3v) is 3.65. The minimum Gasteiger partial charge on any atom is -0.378 e. The Kier molecular flexibility index (Phi) is 7.82. The van der Waals surface area contributed by atoms with E-state index in [1.165, 1.54) is 38.5 Å². The van der Waals surface area contributed by atoms with Gasteiger partial charge in [-0.1, -0.05) is 26.2 Å². The number of hydrogen-bond acceptors (Lipinski definition) is 3. The Morgan fingerprint density at radius 1 is 1.18 bits per heavy atom. The van der Waals surface area contributed by atoms with E-state index < -0.39 is 0 Å².